The maximum Gasteiger partial charge on any atom is 0.153 e. The van der Waals surface area contributed by atoms with E-state index >= 15 is 0 Å². The fourth-order valence-corrected chi connectivity index (χ4v) is 1.15. The summed E-state index contributed by atoms with van der Waals surface area (Å²) in [6, 6.07) is 0. The predicted molar refractivity (Wildman–Crippen MR) is 56.7 cm³/mol. The van der Waals surface area contributed by atoms with Crippen LogP contribution >= 0.6 is 11.8 Å². The van der Waals surface area contributed by atoms with Gasteiger partial charge in [-0.25, -0.2) is 4.99 Å². The number of thioether (sulfide) groups is 1. The topological polar surface area (TPSA) is 97.5 Å². The number of ether oxygens (including phenoxy) is 1. The van der Waals surface area contributed by atoms with Gasteiger partial charge < -0.3 is 16.2 Å². The van der Waals surface area contributed by atoms with Gasteiger partial charge in [0.05, 0.1) is 0 Å². The van der Waals surface area contributed by atoms with Gasteiger partial charge in [-0.1, -0.05) is 18.3 Å². The molecule has 0 saturated carbocycles. The van der Waals surface area contributed by atoms with Gasteiger partial charge in [-0.3, -0.25) is 5.41 Å². The number of nitrogens with one attached hydrogen (secondary N) is 1. The van der Waals surface area contributed by atoms with Crippen LogP contribution in [0.3, 0.4) is 0 Å². The molecule has 0 aromatic heterocycles. The molecule has 0 aliphatic heterocycles. The zero-order valence-corrected chi connectivity index (χ0v) is 8.30. The Morgan fingerprint density at radius 1 is 1.77 bits per heavy atom. The summed E-state index contributed by atoms with van der Waals surface area (Å²) in [5.74, 6) is 0.252. The molecule has 0 aromatic rings. The molecule has 13 heavy (non-hydrogen) atoms. The Hall–Kier alpha value is -1.01. The first-order chi connectivity index (χ1) is 6.06. The van der Waals surface area contributed by atoms with E-state index in [1.165, 1.54) is 0 Å². The molecule has 0 aliphatic carbocycles. The second kappa shape index (κ2) is 6.50. The van der Waals surface area contributed by atoms with Crippen LogP contribution in [0.1, 0.15) is 6.42 Å². The second-order valence-electron chi connectivity index (χ2n) is 2.19. The Kier molecular flexibility index (Phi) is 5.99. The molecule has 0 radical (unpaired) electrons. The zero-order chi connectivity index (χ0) is 10.3. The summed E-state index contributed by atoms with van der Waals surface area (Å²) in [5, 5.41) is 7.04. The normalized spacial score (nSPS) is 13.0. The molecule has 1 atom stereocenters. The molecular weight excluding hydrogens is 188 g/mol. The lowest BCUT2D eigenvalue weighted by Crippen LogP contribution is -2.14. The fraction of sp³-hybridized carbons (Fsp3) is 0.429. The van der Waals surface area contributed by atoms with Gasteiger partial charge in [-0.15, -0.1) is 0 Å². The Bertz CT molecular complexity index is 217. The minimum atomic E-state index is -0.194. The highest BCUT2D eigenvalue weighted by atomic mass is 32.2. The van der Waals surface area contributed by atoms with Crippen LogP contribution in [0.25, 0.3) is 0 Å². The van der Waals surface area contributed by atoms with Crippen molar-refractivity contribution >= 4 is 23.1 Å². The lowest BCUT2D eigenvalue weighted by Gasteiger charge is -2.10. The smallest absolute Gasteiger partial charge is 0.153 e. The average Bonchev–Trinajstić information content (AvgIpc) is 2.01. The molecule has 0 rings (SSSR count). The minimum absolute atomic E-state index is 0.0202. The molecule has 0 aromatic carbocycles. The van der Waals surface area contributed by atoms with Crippen molar-refractivity contribution < 1.29 is 4.74 Å². The molecule has 0 spiro atoms. The van der Waals surface area contributed by atoms with E-state index in [0.29, 0.717) is 6.42 Å². The van der Waals surface area contributed by atoms with Gasteiger partial charge in [-0.05, 0) is 0 Å². The summed E-state index contributed by atoms with van der Waals surface area (Å²) in [5.41, 5.74) is 10.2. The van der Waals surface area contributed by atoms with Gasteiger partial charge in [0.15, 0.2) is 5.17 Å². The summed E-state index contributed by atoms with van der Waals surface area (Å²) >= 11 is 1.13. The first-order valence-corrected chi connectivity index (χ1v) is 4.44. The van der Waals surface area contributed by atoms with E-state index in [-0.39, 0.29) is 16.4 Å². The molecular formula is C7H14N4OS. The van der Waals surface area contributed by atoms with Crippen molar-refractivity contribution in [1.29, 1.82) is 5.41 Å². The number of nitrogens with two attached hydrogens (primary N) is 2. The van der Waals surface area contributed by atoms with Crippen molar-refractivity contribution in [2.45, 2.75) is 11.9 Å². The maximum absolute atomic E-state index is 7.02. The SMILES string of the molecule is C=C(N)/N=C\CC(OC)SC(=N)N. The first kappa shape index (κ1) is 12.0. The van der Waals surface area contributed by atoms with E-state index in [4.69, 9.17) is 21.6 Å². The molecule has 0 amide bonds. The summed E-state index contributed by atoms with van der Waals surface area (Å²) in [7, 11) is 1.55. The molecule has 0 aliphatic rings. The van der Waals surface area contributed by atoms with Crippen LogP contribution in [0.5, 0.6) is 0 Å². The quantitative estimate of drug-likeness (QED) is 0.343. The second-order valence-corrected chi connectivity index (χ2v) is 3.39. The first-order valence-electron chi connectivity index (χ1n) is 3.56. The number of nitrogens with zero attached hydrogens (tertiary/aromatic N) is 1. The van der Waals surface area contributed by atoms with Gasteiger partial charge in [0.2, 0.25) is 0 Å². The Balaban J connectivity index is 3.84. The van der Waals surface area contributed by atoms with E-state index < -0.39 is 0 Å². The number of aliphatic imine (C=N–C) groups is 1. The maximum atomic E-state index is 7.02. The van der Waals surface area contributed by atoms with Crippen LogP contribution in [0.2, 0.25) is 0 Å². The van der Waals surface area contributed by atoms with E-state index in [9.17, 15) is 0 Å². The summed E-state index contributed by atoms with van der Waals surface area (Å²) in [4.78, 5) is 3.77. The molecule has 0 bridgehead atoms. The number of hydrogen-bond acceptors (Lipinski definition) is 5. The molecule has 74 valence electrons. The van der Waals surface area contributed by atoms with Crippen molar-refractivity contribution in [2.24, 2.45) is 16.5 Å². The van der Waals surface area contributed by atoms with Crippen molar-refractivity contribution in [3.63, 3.8) is 0 Å². The standard InChI is InChI=1S/C7H14N4OS/c1-5(8)11-4-3-6(12-2)13-7(9)10/h4,6H,1,3,8H2,2H3,(H3,9,10)/b11-4-. The third-order valence-electron chi connectivity index (χ3n) is 1.08. The third-order valence-corrected chi connectivity index (χ3v) is 1.98. The Labute approximate surface area is 81.7 Å². The molecule has 1 unspecified atom stereocenters. The number of amidine groups is 1. The summed E-state index contributed by atoms with van der Waals surface area (Å²) in [6.07, 6.45) is 2.13. The zero-order valence-electron chi connectivity index (χ0n) is 7.49. The van der Waals surface area contributed by atoms with Crippen molar-refractivity contribution in [2.75, 3.05) is 7.11 Å². The highest BCUT2D eigenvalue weighted by Crippen LogP contribution is 2.13. The Morgan fingerprint density at radius 2 is 2.38 bits per heavy atom. The lowest BCUT2D eigenvalue weighted by molar-refractivity contribution is 0.180. The van der Waals surface area contributed by atoms with Crippen molar-refractivity contribution in [1.82, 2.24) is 0 Å². The number of hydrogen-bond donors (Lipinski definition) is 3. The van der Waals surface area contributed by atoms with Gasteiger partial charge in [0, 0.05) is 19.7 Å². The number of rotatable bonds is 5. The Morgan fingerprint density at radius 3 is 2.77 bits per heavy atom. The largest absolute Gasteiger partial charge is 0.384 e. The summed E-state index contributed by atoms with van der Waals surface area (Å²) in [6.45, 7) is 3.40. The van der Waals surface area contributed by atoms with E-state index in [2.05, 4.69) is 11.6 Å². The van der Waals surface area contributed by atoms with Crippen LogP contribution in [-0.2, 0) is 4.74 Å². The third kappa shape index (κ3) is 7.35. The predicted octanol–water partition coefficient (Wildman–Crippen LogP) is 0.476. The van der Waals surface area contributed by atoms with Gasteiger partial charge in [0.1, 0.15) is 11.3 Å². The van der Waals surface area contributed by atoms with Crippen LogP contribution in [0.15, 0.2) is 17.4 Å². The van der Waals surface area contributed by atoms with Gasteiger partial charge in [0.25, 0.3) is 0 Å². The number of methoxy groups -OCH3 is 1. The fourth-order valence-electron chi connectivity index (χ4n) is 0.590. The molecule has 6 heteroatoms. The van der Waals surface area contributed by atoms with Gasteiger partial charge >= 0.3 is 0 Å². The van der Waals surface area contributed by atoms with Crippen LogP contribution in [0.4, 0.5) is 0 Å². The summed E-state index contributed by atoms with van der Waals surface area (Å²) < 4.78 is 5.02. The molecule has 0 saturated heterocycles. The average molecular weight is 202 g/mol. The van der Waals surface area contributed by atoms with E-state index in [1.807, 2.05) is 0 Å². The van der Waals surface area contributed by atoms with Gasteiger partial charge in [-0.2, -0.15) is 0 Å². The molecule has 0 fully saturated rings. The van der Waals surface area contributed by atoms with E-state index in [0.717, 1.165) is 11.8 Å². The van der Waals surface area contributed by atoms with Crippen LogP contribution in [-0.4, -0.2) is 23.9 Å². The highest BCUT2D eigenvalue weighted by Gasteiger charge is 2.07. The monoisotopic (exact) mass is 202 g/mol. The molecule has 5 N–H and O–H groups in total. The molecule has 5 nitrogen and oxygen atoms in total. The van der Waals surface area contributed by atoms with Crippen molar-refractivity contribution in [3.8, 4) is 0 Å². The molecule has 0 heterocycles. The van der Waals surface area contributed by atoms with Crippen molar-refractivity contribution in [3.05, 3.63) is 12.4 Å². The van der Waals surface area contributed by atoms with Crippen LogP contribution in [0, 0.1) is 5.41 Å². The van der Waals surface area contributed by atoms with E-state index in [1.54, 1.807) is 13.3 Å². The van der Waals surface area contributed by atoms with Crippen LogP contribution < -0.4 is 11.5 Å². The lowest BCUT2D eigenvalue weighted by atomic mass is 10.5. The highest BCUT2D eigenvalue weighted by molar-refractivity contribution is 8.14. The minimum Gasteiger partial charge on any atom is -0.384 e.